The molecule has 118 valence electrons. The van der Waals surface area contributed by atoms with Crippen molar-refractivity contribution in [2.75, 3.05) is 25.9 Å². The van der Waals surface area contributed by atoms with Crippen LogP contribution in [0.4, 0.5) is 5.69 Å². The summed E-state index contributed by atoms with van der Waals surface area (Å²) in [6.07, 6.45) is 2.35. The lowest BCUT2D eigenvalue weighted by molar-refractivity contribution is 0.0599. The van der Waals surface area contributed by atoms with Crippen LogP contribution >= 0.6 is 0 Å². The highest BCUT2D eigenvalue weighted by molar-refractivity contribution is 5.96. The van der Waals surface area contributed by atoms with E-state index in [2.05, 4.69) is 25.7 Å². The van der Waals surface area contributed by atoms with E-state index < -0.39 is 0 Å². The summed E-state index contributed by atoms with van der Waals surface area (Å²) in [6, 6.07) is 5.59. The van der Waals surface area contributed by atoms with Gasteiger partial charge in [0.25, 0.3) is 0 Å². The molecule has 0 amide bonds. The molecule has 21 heavy (non-hydrogen) atoms. The minimum atomic E-state index is -0.360. The van der Waals surface area contributed by atoms with Crippen molar-refractivity contribution in [3.8, 4) is 0 Å². The number of carbonyl (C=O) groups excluding carboxylic acids is 1. The molecule has 0 saturated heterocycles. The standard InChI is InChI=1S/C17H28N2O2/c1-5-13(6-2)11-19(7-3)12-14-9-8-10-15(18)16(14)17(20)21-4/h8-10,13H,5-7,11-12,18H2,1-4H3. The number of nitrogens with zero attached hydrogens (tertiary/aromatic N) is 1. The predicted molar refractivity (Wildman–Crippen MR) is 87.2 cm³/mol. The number of nitrogen functional groups attached to an aromatic ring is 1. The van der Waals surface area contributed by atoms with Gasteiger partial charge in [0.1, 0.15) is 0 Å². The van der Waals surface area contributed by atoms with Crippen molar-refractivity contribution in [3.05, 3.63) is 29.3 Å². The molecule has 4 nitrogen and oxygen atoms in total. The molecule has 0 atom stereocenters. The summed E-state index contributed by atoms with van der Waals surface area (Å²) in [5, 5.41) is 0. The molecule has 0 fully saturated rings. The second kappa shape index (κ2) is 8.67. The highest BCUT2D eigenvalue weighted by atomic mass is 16.5. The van der Waals surface area contributed by atoms with E-state index in [0.717, 1.165) is 25.2 Å². The van der Waals surface area contributed by atoms with Gasteiger partial charge in [0.2, 0.25) is 0 Å². The maximum Gasteiger partial charge on any atom is 0.340 e. The Morgan fingerprint density at radius 2 is 1.95 bits per heavy atom. The lowest BCUT2D eigenvalue weighted by Gasteiger charge is -2.26. The molecule has 0 aliphatic heterocycles. The van der Waals surface area contributed by atoms with Crippen LogP contribution in [0.15, 0.2) is 18.2 Å². The first-order chi connectivity index (χ1) is 10.1. The van der Waals surface area contributed by atoms with Gasteiger partial charge in [-0.25, -0.2) is 4.79 Å². The number of nitrogens with two attached hydrogens (primary N) is 1. The van der Waals surface area contributed by atoms with Gasteiger partial charge in [-0.3, -0.25) is 4.90 Å². The zero-order chi connectivity index (χ0) is 15.8. The first-order valence-corrected chi connectivity index (χ1v) is 7.75. The predicted octanol–water partition coefficient (Wildman–Crippen LogP) is 3.31. The Morgan fingerprint density at radius 1 is 1.29 bits per heavy atom. The van der Waals surface area contributed by atoms with Gasteiger partial charge in [-0.1, -0.05) is 45.7 Å². The molecule has 0 saturated carbocycles. The monoisotopic (exact) mass is 292 g/mol. The van der Waals surface area contributed by atoms with Crippen molar-refractivity contribution in [2.45, 2.75) is 40.2 Å². The number of esters is 1. The van der Waals surface area contributed by atoms with Crippen LogP contribution in [-0.4, -0.2) is 31.1 Å². The molecule has 0 unspecified atom stereocenters. The van der Waals surface area contributed by atoms with E-state index in [-0.39, 0.29) is 5.97 Å². The maximum absolute atomic E-state index is 11.9. The molecular weight excluding hydrogens is 264 g/mol. The lowest BCUT2D eigenvalue weighted by Crippen LogP contribution is -2.29. The zero-order valence-electron chi connectivity index (χ0n) is 13.7. The van der Waals surface area contributed by atoms with Crippen LogP contribution in [0.2, 0.25) is 0 Å². The third kappa shape index (κ3) is 4.74. The van der Waals surface area contributed by atoms with Crippen LogP contribution in [-0.2, 0) is 11.3 Å². The average molecular weight is 292 g/mol. The highest BCUT2D eigenvalue weighted by Gasteiger charge is 2.18. The Hall–Kier alpha value is -1.55. The molecule has 2 N–H and O–H groups in total. The average Bonchev–Trinajstić information content (AvgIpc) is 2.50. The summed E-state index contributed by atoms with van der Waals surface area (Å²) >= 11 is 0. The summed E-state index contributed by atoms with van der Waals surface area (Å²) in [4.78, 5) is 14.3. The number of rotatable bonds is 8. The van der Waals surface area contributed by atoms with Crippen LogP contribution in [0.25, 0.3) is 0 Å². The maximum atomic E-state index is 11.9. The molecule has 0 bridgehead atoms. The van der Waals surface area contributed by atoms with Gasteiger partial charge in [-0.05, 0) is 24.1 Å². The summed E-state index contributed by atoms with van der Waals surface area (Å²) in [7, 11) is 1.39. The second-order valence-corrected chi connectivity index (χ2v) is 5.38. The van der Waals surface area contributed by atoms with Crippen molar-refractivity contribution >= 4 is 11.7 Å². The van der Waals surface area contributed by atoms with E-state index in [1.807, 2.05) is 12.1 Å². The summed E-state index contributed by atoms with van der Waals surface area (Å²) in [6.45, 7) is 9.31. The van der Waals surface area contributed by atoms with Gasteiger partial charge in [0.05, 0.1) is 12.7 Å². The highest BCUT2D eigenvalue weighted by Crippen LogP contribution is 2.21. The van der Waals surface area contributed by atoms with Crippen molar-refractivity contribution in [3.63, 3.8) is 0 Å². The minimum Gasteiger partial charge on any atom is -0.465 e. The van der Waals surface area contributed by atoms with Gasteiger partial charge in [-0.15, -0.1) is 0 Å². The first kappa shape index (κ1) is 17.5. The largest absolute Gasteiger partial charge is 0.465 e. The third-order valence-corrected chi connectivity index (χ3v) is 4.08. The van der Waals surface area contributed by atoms with Gasteiger partial charge in [0, 0.05) is 18.8 Å². The van der Waals surface area contributed by atoms with E-state index in [1.165, 1.54) is 20.0 Å². The molecular formula is C17H28N2O2. The smallest absolute Gasteiger partial charge is 0.340 e. The lowest BCUT2D eigenvalue weighted by atomic mass is 10.0. The summed E-state index contributed by atoms with van der Waals surface area (Å²) in [5.74, 6) is 0.328. The number of ether oxygens (including phenoxy) is 1. The van der Waals surface area contributed by atoms with Gasteiger partial charge < -0.3 is 10.5 Å². The Morgan fingerprint density at radius 3 is 2.48 bits per heavy atom. The van der Waals surface area contributed by atoms with E-state index >= 15 is 0 Å². The van der Waals surface area contributed by atoms with Gasteiger partial charge in [0.15, 0.2) is 0 Å². The van der Waals surface area contributed by atoms with Crippen LogP contribution in [0.3, 0.4) is 0 Å². The quantitative estimate of drug-likeness (QED) is 0.590. The number of anilines is 1. The van der Waals surface area contributed by atoms with E-state index in [4.69, 9.17) is 10.5 Å². The molecule has 0 aliphatic rings. The van der Waals surface area contributed by atoms with Gasteiger partial charge >= 0.3 is 5.97 Å². The van der Waals surface area contributed by atoms with Crippen molar-refractivity contribution in [1.82, 2.24) is 4.90 Å². The van der Waals surface area contributed by atoms with Crippen LogP contribution in [0.1, 0.15) is 49.5 Å². The Kier molecular flexibility index (Phi) is 7.23. The number of benzene rings is 1. The van der Waals surface area contributed by atoms with E-state index in [1.54, 1.807) is 6.07 Å². The zero-order valence-corrected chi connectivity index (χ0v) is 13.7. The number of methoxy groups -OCH3 is 1. The van der Waals surface area contributed by atoms with E-state index in [0.29, 0.717) is 17.2 Å². The van der Waals surface area contributed by atoms with Crippen LogP contribution in [0, 0.1) is 5.92 Å². The molecule has 0 radical (unpaired) electrons. The first-order valence-electron chi connectivity index (χ1n) is 7.75. The fraction of sp³-hybridized carbons (Fsp3) is 0.588. The number of hydrogen-bond acceptors (Lipinski definition) is 4. The van der Waals surface area contributed by atoms with E-state index in [9.17, 15) is 4.79 Å². The Balaban J connectivity index is 2.94. The minimum absolute atomic E-state index is 0.360. The molecule has 1 aromatic rings. The van der Waals surface area contributed by atoms with Crippen molar-refractivity contribution in [1.29, 1.82) is 0 Å². The molecule has 4 heteroatoms. The molecule has 1 aromatic carbocycles. The summed E-state index contributed by atoms with van der Waals surface area (Å²) < 4.78 is 4.86. The van der Waals surface area contributed by atoms with Crippen molar-refractivity contribution in [2.24, 2.45) is 5.92 Å². The number of carbonyl (C=O) groups is 1. The van der Waals surface area contributed by atoms with Crippen LogP contribution < -0.4 is 5.73 Å². The Bertz CT molecular complexity index is 456. The molecule has 0 spiro atoms. The number of hydrogen-bond donors (Lipinski definition) is 1. The fourth-order valence-electron chi connectivity index (χ4n) is 2.56. The van der Waals surface area contributed by atoms with Crippen LogP contribution in [0.5, 0.6) is 0 Å². The van der Waals surface area contributed by atoms with Gasteiger partial charge in [-0.2, -0.15) is 0 Å². The van der Waals surface area contributed by atoms with Crippen molar-refractivity contribution < 1.29 is 9.53 Å². The molecule has 0 aliphatic carbocycles. The topological polar surface area (TPSA) is 55.6 Å². The normalized spacial score (nSPS) is 11.1. The molecule has 1 rings (SSSR count). The second-order valence-electron chi connectivity index (χ2n) is 5.38. The Labute approximate surface area is 128 Å². The molecule has 0 aromatic heterocycles. The SMILES string of the molecule is CCC(CC)CN(CC)Cc1cccc(N)c1C(=O)OC. The fourth-order valence-corrected chi connectivity index (χ4v) is 2.56. The summed E-state index contributed by atoms with van der Waals surface area (Å²) in [5.41, 5.74) is 7.88. The third-order valence-electron chi connectivity index (χ3n) is 4.08. The molecule has 0 heterocycles.